The van der Waals surface area contributed by atoms with Crippen molar-refractivity contribution in [3.63, 3.8) is 0 Å². The summed E-state index contributed by atoms with van der Waals surface area (Å²) in [5.41, 5.74) is -0.320. The van der Waals surface area contributed by atoms with Crippen molar-refractivity contribution < 1.29 is 32.6 Å². The molecule has 0 saturated carbocycles. The van der Waals surface area contributed by atoms with Crippen molar-refractivity contribution in [1.82, 2.24) is 4.98 Å². The zero-order chi connectivity index (χ0) is 23.7. The number of hydrogen-bond donors (Lipinski definition) is 1. The SMILES string of the molecule is CCc1cccc(NC(=O)c2c(N3CCC(C(F)(F)F)CC3)ncc(C(F)(F)F)c2C)c1.[HH]. The molecule has 0 unspecified atom stereocenters. The number of hydrogen-bond acceptors (Lipinski definition) is 3. The van der Waals surface area contributed by atoms with Gasteiger partial charge in [-0.05, 0) is 49.4 Å². The summed E-state index contributed by atoms with van der Waals surface area (Å²) >= 11 is 0. The number of pyridine rings is 1. The number of carbonyl (C=O) groups excluding carboxylic acids is 1. The van der Waals surface area contributed by atoms with Crippen LogP contribution in [0.4, 0.5) is 37.8 Å². The first-order chi connectivity index (χ1) is 14.9. The highest BCUT2D eigenvalue weighted by atomic mass is 19.4. The lowest BCUT2D eigenvalue weighted by Crippen LogP contribution is -2.40. The topological polar surface area (TPSA) is 45.2 Å². The van der Waals surface area contributed by atoms with Gasteiger partial charge in [0, 0.05) is 26.4 Å². The van der Waals surface area contributed by atoms with Crippen molar-refractivity contribution in [1.29, 1.82) is 0 Å². The van der Waals surface area contributed by atoms with Crippen molar-refractivity contribution in [3.05, 3.63) is 52.7 Å². The summed E-state index contributed by atoms with van der Waals surface area (Å²) in [4.78, 5) is 18.4. The number of rotatable bonds is 4. The Kier molecular flexibility index (Phi) is 6.71. The Hall–Kier alpha value is -2.78. The molecular weight excluding hydrogens is 436 g/mol. The summed E-state index contributed by atoms with van der Waals surface area (Å²) in [5.74, 6) is -2.31. The highest BCUT2D eigenvalue weighted by Crippen LogP contribution is 2.38. The maximum Gasteiger partial charge on any atom is 0.418 e. The van der Waals surface area contributed by atoms with E-state index >= 15 is 0 Å². The summed E-state index contributed by atoms with van der Waals surface area (Å²) in [6.45, 7) is 2.97. The van der Waals surface area contributed by atoms with E-state index < -0.39 is 29.7 Å². The molecule has 2 aromatic rings. The van der Waals surface area contributed by atoms with E-state index in [1.807, 2.05) is 13.0 Å². The first kappa shape index (κ1) is 23.9. The summed E-state index contributed by atoms with van der Waals surface area (Å²) in [6, 6.07) is 6.89. The minimum Gasteiger partial charge on any atom is -0.356 e. The number of nitrogens with zero attached hydrogens (tertiary/aromatic N) is 2. The molecule has 1 saturated heterocycles. The summed E-state index contributed by atoms with van der Waals surface area (Å²) < 4.78 is 79.4. The first-order valence-corrected chi connectivity index (χ1v) is 10.2. The lowest BCUT2D eigenvalue weighted by molar-refractivity contribution is -0.179. The number of amides is 1. The molecule has 1 aromatic carbocycles. The Bertz CT molecular complexity index is 985. The van der Waals surface area contributed by atoms with Crippen molar-refractivity contribution in [3.8, 4) is 0 Å². The standard InChI is InChI=1S/C22H23F6N3O.H2/c1-3-14-5-4-6-16(11-14)30-20(32)18-13(2)17(22(26,27)28)12-29-19(18)31-9-7-15(8-10-31)21(23,24)25;/h4-6,11-12,15H,3,7-10H2,1-2H3,(H,30,32);1H. The third kappa shape index (κ3) is 5.16. The van der Waals surface area contributed by atoms with Gasteiger partial charge in [0.2, 0.25) is 0 Å². The maximum atomic E-state index is 13.5. The van der Waals surface area contributed by atoms with Gasteiger partial charge >= 0.3 is 12.4 Å². The Morgan fingerprint density at radius 2 is 1.84 bits per heavy atom. The van der Waals surface area contributed by atoms with E-state index in [9.17, 15) is 31.1 Å². The lowest BCUT2D eigenvalue weighted by Gasteiger charge is -2.35. The number of halogens is 6. The predicted octanol–water partition coefficient (Wildman–Crippen LogP) is 6.25. The van der Waals surface area contributed by atoms with Gasteiger partial charge < -0.3 is 10.2 Å². The molecule has 1 amide bonds. The molecule has 1 aliphatic heterocycles. The molecule has 0 atom stereocenters. The number of benzene rings is 1. The number of anilines is 2. The van der Waals surface area contributed by atoms with Gasteiger partial charge in [0.25, 0.3) is 5.91 Å². The van der Waals surface area contributed by atoms with Crippen LogP contribution in [0.2, 0.25) is 0 Å². The largest absolute Gasteiger partial charge is 0.418 e. The van der Waals surface area contributed by atoms with Crippen LogP contribution < -0.4 is 10.2 Å². The molecular formula is C22H25F6N3O. The highest BCUT2D eigenvalue weighted by molar-refractivity contribution is 6.09. The normalized spacial score (nSPS) is 15.7. The molecule has 2 heterocycles. The van der Waals surface area contributed by atoms with Gasteiger partial charge in [-0.3, -0.25) is 4.79 Å². The Morgan fingerprint density at radius 1 is 1.19 bits per heavy atom. The van der Waals surface area contributed by atoms with Crippen molar-refractivity contribution in [2.45, 2.75) is 45.5 Å². The number of aryl methyl sites for hydroxylation is 1. The zero-order valence-corrected chi connectivity index (χ0v) is 17.6. The van der Waals surface area contributed by atoms with Gasteiger partial charge in [0.05, 0.1) is 17.0 Å². The van der Waals surface area contributed by atoms with Crippen LogP contribution in [0, 0.1) is 12.8 Å². The fourth-order valence-electron chi connectivity index (χ4n) is 3.87. The van der Waals surface area contributed by atoms with E-state index in [0.29, 0.717) is 18.3 Å². The molecule has 0 bridgehead atoms. The number of aromatic nitrogens is 1. The predicted molar refractivity (Wildman–Crippen MR) is 111 cm³/mol. The molecule has 32 heavy (non-hydrogen) atoms. The van der Waals surface area contributed by atoms with Gasteiger partial charge in [-0.15, -0.1) is 0 Å². The molecule has 1 aliphatic rings. The minimum absolute atomic E-state index is 0. The van der Waals surface area contributed by atoms with Crippen LogP contribution in [0.1, 0.15) is 48.2 Å². The summed E-state index contributed by atoms with van der Waals surface area (Å²) in [7, 11) is 0. The van der Waals surface area contributed by atoms with Crippen LogP contribution in [0.3, 0.4) is 0 Å². The van der Waals surface area contributed by atoms with E-state index in [4.69, 9.17) is 0 Å². The molecule has 176 valence electrons. The number of alkyl halides is 6. The molecule has 0 radical (unpaired) electrons. The molecule has 10 heteroatoms. The van der Waals surface area contributed by atoms with E-state index in [0.717, 1.165) is 5.56 Å². The Balaban J connectivity index is 0.00000385. The third-order valence-corrected chi connectivity index (χ3v) is 5.70. The number of nitrogens with one attached hydrogen (secondary N) is 1. The first-order valence-electron chi connectivity index (χ1n) is 10.2. The average Bonchev–Trinajstić information content (AvgIpc) is 2.72. The molecule has 1 aromatic heterocycles. The lowest BCUT2D eigenvalue weighted by atomic mass is 9.95. The van der Waals surface area contributed by atoms with Crippen molar-refractivity contribution >= 4 is 17.4 Å². The van der Waals surface area contributed by atoms with Crippen molar-refractivity contribution in [2.24, 2.45) is 5.92 Å². The molecule has 0 spiro atoms. The summed E-state index contributed by atoms with van der Waals surface area (Å²) in [6.07, 6.45) is -8.16. The molecule has 3 rings (SSSR count). The van der Waals surface area contributed by atoms with Crippen LogP contribution >= 0.6 is 0 Å². The maximum absolute atomic E-state index is 13.5. The fourth-order valence-corrected chi connectivity index (χ4v) is 3.87. The van der Waals surface area contributed by atoms with Crippen molar-refractivity contribution in [2.75, 3.05) is 23.3 Å². The average molecular weight is 461 g/mol. The molecule has 0 aliphatic carbocycles. The van der Waals surface area contributed by atoms with E-state index in [-0.39, 0.29) is 44.3 Å². The van der Waals surface area contributed by atoms with Gasteiger partial charge in [0.15, 0.2) is 0 Å². The highest BCUT2D eigenvalue weighted by Gasteiger charge is 2.42. The second-order valence-electron chi connectivity index (χ2n) is 7.80. The van der Waals surface area contributed by atoms with Crippen LogP contribution in [0.25, 0.3) is 0 Å². The van der Waals surface area contributed by atoms with Crippen LogP contribution in [0.5, 0.6) is 0 Å². The van der Waals surface area contributed by atoms with Gasteiger partial charge in [-0.25, -0.2) is 4.98 Å². The number of carbonyl (C=O) groups is 1. The van der Waals surface area contributed by atoms with Crippen LogP contribution in [0.15, 0.2) is 30.5 Å². The van der Waals surface area contributed by atoms with Gasteiger partial charge in [0.1, 0.15) is 5.82 Å². The van der Waals surface area contributed by atoms with Crippen LogP contribution in [-0.2, 0) is 12.6 Å². The van der Waals surface area contributed by atoms with Crippen LogP contribution in [-0.4, -0.2) is 30.2 Å². The van der Waals surface area contributed by atoms with Gasteiger partial charge in [-0.1, -0.05) is 19.1 Å². The minimum atomic E-state index is -4.73. The smallest absolute Gasteiger partial charge is 0.356 e. The van der Waals surface area contributed by atoms with E-state index in [1.54, 1.807) is 18.2 Å². The van der Waals surface area contributed by atoms with E-state index in [2.05, 4.69) is 10.3 Å². The van der Waals surface area contributed by atoms with Gasteiger partial charge in [-0.2, -0.15) is 26.3 Å². The second kappa shape index (κ2) is 8.99. The summed E-state index contributed by atoms with van der Waals surface area (Å²) in [5, 5.41) is 2.61. The quantitative estimate of drug-likeness (QED) is 0.548. The van der Waals surface area contributed by atoms with E-state index in [1.165, 1.54) is 11.8 Å². The monoisotopic (exact) mass is 461 g/mol. The third-order valence-electron chi connectivity index (χ3n) is 5.70. The zero-order valence-electron chi connectivity index (χ0n) is 17.6. The second-order valence-corrected chi connectivity index (χ2v) is 7.80. The Labute approximate surface area is 183 Å². The number of piperidine rings is 1. The molecule has 1 fully saturated rings. The molecule has 1 N–H and O–H groups in total. The fraction of sp³-hybridized carbons (Fsp3) is 0.455. The molecule has 4 nitrogen and oxygen atoms in total. The Morgan fingerprint density at radius 3 is 2.41 bits per heavy atom.